The highest BCUT2D eigenvalue weighted by Crippen LogP contribution is 2.30. The number of likely N-dealkylation sites (tertiary alicyclic amines) is 2. The summed E-state index contributed by atoms with van der Waals surface area (Å²) < 4.78 is 17.0. The fourth-order valence-corrected chi connectivity index (χ4v) is 5.03. The van der Waals surface area contributed by atoms with Crippen molar-refractivity contribution in [2.45, 2.75) is 69.7 Å². The fourth-order valence-electron chi connectivity index (χ4n) is 5.03. The molecule has 6 heteroatoms. The third kappa shape index (κ3) is 4.86. The molecule has 3 aliphatic rings. The fraction of sp³-hybridized carbons (Fsp3) is 0.696. The summed E-state index contributed by atoms with van der Waals surface area (Å²) in [5.74, 6) is 1.89. The van der Waals surface area contributed by atoms with Crippen LogP contribution in [0.4, 0.5) is 0 Å². The average Bonchev–Trinajstić information content (AvgIpc) is 3.39. The number of hydrogen-bond acceptors (Lipinski definition) is 5. The Morgan fingerprint density at radius 2 is 1.55 bits per heavy atom. The van der Waals surface area contributed by atoms with Gasteiger partial charge in [0.25, 0.3) is 5.91 Å². The standard InChI is InChI=1S/C23H34N2O4/c1-27-20-13-17(14-21(15-20)28-2)16-24-10-7-19(8-11-24)29-22-9-12-25(23(22)26)18-5-3-4-6-18/h13-15,18-19,22H,3-12,16H2,1-2H3. The summed E-state index contributed by atoms with van der Waals surface area (Å²) in [5.41, 5.74) is 1.19. The Bertz CT molecular complexity index is 674. The van der Waals surface area contributed by atoms with Gasteiger partial charge in [-0.25, -0.2) is 0 Å². The SMILES string of the molecule is COc1cc(CN2CCC(OC3CCN(C4CCCC4)C3=O)CC2)cc(OC)c1. The zero-order chi connectivity index (χ0) is 20.2. The van der Waals surface area contributed by atoms with Crippen LogP contribution in [0.25, 0.3) is 0 Å². The van der Waals surface area contributed by atoms with Gasteiger partial charge in [-0.15, -0.1) is 0 Å². The Kier molecular flexibility index (Phi) is 6.60. The van der Waals surface area contributed by atoms with Crippen LogP contribution in [0.3, 0.4) is 0 Å². The molecule has 0 spiro atoms. The molecule has 2 heterocycles. The minimum atomic E-state index is -0.213. The molecule has 4 rings (SSSR count). The molecule has 160 valence electrons. The highest BCUT2D eigenvalue weighted by molar-refractivity contribution is 5.83. The molecular weight excluding hydrogens is 368 g/mol. The van der Waals surface area contributed by atoms with Crippen LogP contribution in [0, 0.1) is 0 Å². The van der Waals surface area contributed by atoms with E-state index < -0.39 is 0 Å². The molecule has 0 bridgehead atoms. The number of methoxy groups -OCH3 is 2. The monoisotopic (exact) mass is 402 g/mol. The number of amides is 1. The van der Waals surface area contributed by atoms with E-state index in [-0.39, 0.29) is 18.1 Å². The minimum Gasteiger partial charge on any atom is -0.497 e. The van der Waals surface area contributed by atoms with Crippen LogP contribution in [-0.4, -0.2) is 67.8 Å². The van der Waals surface area contributed by atoms with Crippen LogP contribution in [0.15, 0.2) is 18.2 Å². The van der Waals surface area contributed by atoms with Gasteiger partial charge in [0.05, 0.1) is 20.3 Å². The topological polar surface area (TPSA) is 51.2 Å². The molecule has 0 aromatic heterocycles. The summed E-state index contributed by atoms with van der Waals surface area (Å²) in [4.78, 5) is 17.3. The van der Waals surface area contributed by atoms with Crippen LogP contribution in [0.2, 0.25) is 0 Å². The molecule has 1 saturated carbocycles. The minimum absolute atomic E-state index is 0.198. The maximum Gasteiger partial charge on any atom is 0.252 e. The van der Waals surface area contributed by atoms with Crippen molar-refractivity contribution < 1.29 is 19.0 Å². The van der Waals surface area contributed by atoms with E-state index in [1.54, 1.807) is 14.2 Å². The van der Waals surface area contributed by atoms with Gasteiger partial charge in [-0.3, -0.25) is 9.69 Å². The predicted octanol–water partition coefficient (Wildman–Crippen LogP) is 3.23. The average molecular weight is 403 g/mol. The quantitative estimate of drug-likeness (QED) is 0.701. The number of hydrogen-bond donors (Lipinski definition) is 0. The van der Waals surface area contributed by atoms with Crippen molar-refractivity contribution in [2.75, 3.05) is 33.9 Å². The van der Waals surface area contributed by atoms with Crippen LogP contribution in [0.1, 0.15) is 50.5 Å². The lowest BCUT2D eigenvalue weighted by atomic mass is 10.1. The number of ether oxygens (including phenoxy) is 3. The number of nitrogens with zero attached hydrogens (tertiary/aromatic N) is 2. The molecule has 3 fully saturated rings. The van der Waals surface area contributed by atoms with Crippen molar-refractivity contribution in [1.29, 1.82) is 0 Å². The van der Waals surface area contributed by atoms with E-state index in [4.69, 9.17) is 14.2 Å². The van der Waals surface area contributed by atoms with Crippen molar-refractivity contribution in [3.8, 4) is 11.5 Å². The highest BCUT2D eigenvalue weighted by atomic mass is 16.5. The lowest BCUT2D eigenvalue weighted by Crippen LogP contribution is -2.41. The number of benzene rings is 1. The summed E-state index contributed by atoms with van der Waals surface area (Å²) >= 11 is 0. The molecule has 29 heavy (non-hydrogen) atoms. The van der Waals surface area contributed by atoms with Gasteiger partial charge >= 0.3 is 0 Å². The third-order valence-electron chi connectivity index (χ3n) is 6.66. The third-order valence-corrected chi connectivity index (χ3v) is 6.66. The van der Waals surface area contributed by atoms with Crippen LogP contribution < -0.4 is 9.47 Å². The Morgan fingerprint density at radius 3 is 2.17 bits per heavy atom. The Balaban J connectivity index is 1.25. The van der Waals surface area contributed by atoms with Gasteiger partial charge in [0.1, 0.15) is 17.6 Å². The summed E-state index contributed by atoms with van der Waals surface area (Å²) in [6.45, 7) is 3.72. The van der Waals surface area contributed by atoms with Crippen molar-refractivity contribution in [2.24, 2.45) is 0 Å². The van der Waals surface area contributed by atoms with Gasteiger partial charge in [0.15, 0.2) is 0 Å². The normalized spacial score (nSPS) is 24.4. The van der Waals surface area contributed by atoms with Crippen molar-refractivity contribution in [3.63, 3.8) is 0 Å². The maximum absolute atomic E-state index is 12.8. The largest absolute Gasteiger partial charge is 0.497 e. The van der Waals surface area contributed by atoms with Gasteiger partial charge in [-0.2, -0.15) is 0 Å². The van der Waals surface area contributed by atoms with Crippen LogP contribution in [0.5, 0.6) is 11.5 Å². The molecule has 0 radical (unpaired) electrons. The second-order valence-electron chi connectivity index (χ2n) is 8.58. The summed E-state index contributed by atoms with van der Waals surface area (Å²) in [6, 6.07) is 6.51. The van der Waals surface area contributed by atoms with Crippen LogP contribution in [-0.2, 0) is 16.1 Å². The smallest absolute Gasteiger partial charge is 0.252 e. The second-order valence-corrected chi connectivity index (χ2v) is 8.58. The molecule has 0 N–H and O–H groups in total. The maximum atomic E-state index is 12.8. The first-order valence-corrected chi connectivity index (χ1v) is 11.1. The Hall–Kier alpha value is -1.79. The van der Waals surface area contributed by atoms with E-state index in [9.17, 15) is 4.79 Å². The van der Waals surface area contributed by atoms with E-state index >= 15 is 0 Å². The molecule has 1 unspecified atom stereocenters. The van der Waals surface area contributed by atoms with Gasteiger partial charge in [-0.1, -0.05) is 12.8 Å². The summed E-state index contributed by atoms with van der Waals surface area (Å²) in [6.07, 6.45) is 7.67. The summed E-state index contributed by atoms with van der Waals surface area (Å²) in [7, 11) is 3.36. The first kappa shape index (κ1) is 20.5. The second kappa shape index (κ2) is 9.35. The molecule has 1 atom stereocenters. The van der Waals surface area contributed by atoms with E-state index in [1.165, 1.54) is 31.2 Å². The molecule has 2 saturated heterocycles. The Morgan fingerprint density at radius 1 is 0.897 bits per heavy atom. The highest BCUT2D eigenvalue weighted by Gasteiger charge is 2.39. The number of rotatable bonds is 7. The molecule has 1 aromatic carbocycles. The van der Waals surface area contributed by atoms with E-state index in [0.717, 1.165) is 56.9 Å². The molecule has 2 aliphatic heterocycles. The molecule has 1 amide bonds. The molecule has 6 nitrogen and oxygen atoms in total. The zero-order valence-electron chi connectivity index (χ0n) is 17.8. The number of piperidine rings is 1. The van der Waals surface area contributed by atoms with Crippen molar-refractivity contribution in [1.82, 2.24) is 9.80 Å². The van der Waals surface area contributed by atoms with E-state index in [1.807, 2.05) is 6.07 Å². The van der Waals surface area contributed by atoms with E-state index in [0.29, 0.717) is 6.04 Å². The van der Waals surface area contributed by atoms with Gasteiger partial charge < -0.3 is 19.1 Å². The first-order valence-electron chi connectivity index (χ1n) is 11.1. The molecule has 1 aliphatic carbocycles. The van der Waals surface area contributed by atoms with Crippen molar-refractivity contribution >= 4 is 5.91 Å². The zero-order valence-corrected chi connectivity index (χ0v) is 17.8. The first-order chi connectivity index (χ1) is 14.2. The van der Waals surface area contributed by atoms with Crippen LogP contribution >= 0.6 is 0 Å². The molecule has 1 aromatic rings. The van der Waals surface area contributed by atoms with Gasteiger partial charge in [0.2, 0.25) is 0 Å². The van der Waals surface area contributed by atoms with Gasteiger partial charge in [0, 0.05) is 44.7 Å². The van der Waals surface area contributed by atoms with Crippen molar-refractivity contribution in [3.05, 3.63) is 23.8 Å². The number of carbonyl (C=O) groups is 1. The van der Waals surface area contributed by atoms with Gasteiger partial charge in [-0.05, 0) is 43.4 Å². The predicted molar refractivity (Wildman–Crippen MR) is 111 cm³/mol. The number of carbonyl (C=O) groups excluding carboxylic acids is 1. The lowest BCUT2D eigenvalue weighted by Gasteiger charge is -2.33. The van der Waals surface area contributed by atoms with E-state index in [2.05, 4.69) is 21.9 Å². The Labute approximate surface area is 174 Å². The summed E-state index contributed by atoms with van der Waals surface area (Å²) in [5, 5.41) is 0. The molecular formula is C23H34N2O4. The lowest BCUT2D eigenvalue weighted by molar-refractivity contribution is -0.143.